The molecule has 0 N–H and O–H groups in total. The predicted molar refractivity (Wildman–Crippen MR) is 72.2 cm³/mol. The third kappa shape index (κ3) is 2.39. The van der Waals surface area contributed by atoms with Gasteiger partial charge in [-0.2, -0.15) is 10.5 Å². The van der Waals surface area contributed by atoms with Gasteiger partial charge in [0.2, 0.25) is 0 Å². The van der Waals surface area contributed by atoms with E-state index in [1.807, 2.05) is 31.3 Å². The maximum absolute atomic E-state index is 9.00. The molecule has 96 valence electrons. The molecule has 4 heteroatoms. The maximum Gasteiger partial charge on any atom is 0.167 e. The molecule has 0 amide bonds. The van der Waals surface area contributed by atoms with Gasteiger partial charge in [-0.25, -0.2) is 0 Å². The summed E-state index contributed by atoms with van der Waals surface area (Å²) in [6.45, 7) is 0.743. The van der Waals surface area contributed by atoms with Crippen molar-refractivity contribution in [3.8, 4) is 12.1 Å². The Bertz CT molecular complexity index is 576. The first-order valence-electron chi connectivity index (χ1n) is 6.08. The molecule has 0 aliphatic carbocycles. The van der Waals surface area contributed by atoms with Crippen LogP contribution in [0.25, 0.3) is 0 Å². The fourth-order valence-electron chi connectivity index (χ4n) is 2.60. The van der Waals surface area contributed by atoms with E-state index in [1.54, 1.807) is 0 Å². The van der Waals surface area contributed by atoms with Crippen molar-refractivity contribution in [2.24, 2.45) is 5.92 Å². The summed E-state index contributed by atoms with van der Waals surface area (Å²) in [5.41, 5.74) is 2.48. The second-order valence-corrected chi connectivity index (χ2v) is 4.58. The normalized spacial score (nSPS) is 16.8. The van der Waals surface area contributed by atoms with Crippen molar-refractivity contribution < 1.29 is 4.74 Å². The van der Waals surface area contributed by atoms with Crippen molar-refractivity contribution in [3.63, 3.8) is 0 Å². The third-order valence-corrected chi connectivity index (χ3v) is 3.42. The number of benzene rings is 1. The smallest absolute Gasteiger partial charge is 0.167 e. The van der Waals surface area contributed by atoms with Gasteiger partial charge < -0.3 is 9.64 Å². The van der Waals surface area contributed by atoms with Crippen LogP contribution >= 0.6 is 0 Å². The molecule has 1 aromatic carbocycles. The Morgan fingerprint density at radius 3 is 2.63 bits per heavy atom. The van der Waals surface area contributed by atoms with Gasteiger partial charge in [0.25, 0.3) is 0 Å². The van der Waals surface area contributed by atoms with Crippen molar-refractivity contribution in [2.75, 3.05) is 25.6 Å². The molecule has 1 aromatic rings. The van der Waals surface area contributed by atoms with Gasteiger partial charge in [-0.3, -0.25) is 0 Å². The molecule has 0 radical (unpaired) electrons. The Morgan fingerprint density at radius 2 is 2.00 bits per heavy atom. The summed E-state index contributed by atoms with van der Waals surface area (Å²) in [5, 5.41) is 18.0. The second-order valence-electron chi connectivity index (χ2n) is 4.58. The number of methoxy groups -OCH3 is 1. The second kappa shape index (κ2) is 5.46. The lowest BCUT2D eigenvalue weighted by atomic mass is 9.90. The molecular formula is C15H15N3O. The van der Waals surface area contributed by atoms with E-state index in [-0.39, 0.29) is 11.5 Å². The first-order valence-corrected chi connectivity index (χ1v) is 6.08. The molecule has 1 heterocycles. The average Bonchev–Trinajstić information content (AvgIpc) is 2.44. The van der Waals surface area contributed by atoms with Crippen LogP contribution in [0.2, 0.25) is 0 Å². The van der Waals surface area contributed by atoms with Gasteiger partial charge in [-0.15, -0.1) is 0 Å². The fourth-order valence-corrected chi connectivity index (χ4v) is 2.60. The average molecular weight is 253 g/mol. The molecule has 0 spiro atoms. The monoisotopic (exact) mass is 253 g/mol. The van der Waals surface area contributed by atoms with Gasteiger partial charge in [0.05, 0.1) is 7.11 Å². The molecule has 0 saturated heterocycles. The highest BCUT2D eigenvalue weighted by atomic mass is 16.5. The van der Waals surface area contributed by atoms with E-state index in [4.69, 9.17) is 15.3 Å². The van der Waals surface area contributed by atoms with E-state index in [0.29, 0.717) is 5.76 Å². The summed E-state index contributed by atoms with van der Waals surface area (Å²) in [6.07, 6.45) is 0.788. The minimum absolute atomic E-state index is 0.0409. The summed E-state index contributed by atoms with van der Waals surface area (Å²) in [5.74, 6) is 0.533. The quantitative estimate of drug-likeness (QED) is 0.599. The van der Waals surface area contributed by atoms with Crippen molar-refractivity contribution >= 4 is 5.69 Å². The molecule has 4 nitrogen and oxygen atoms in total. The van der Waals surface area contributed by atoms with Crippen molar-refractivity contribution in [3.05, 3.63) is 41.2 Å². The first kappa shape index (κ1) is 13.0. The number of para-hydroxylation sites is 1. The van der Waals surface area contributed by atoms with Gasteiger partial charge in [0.1, 0.15) is 17.9 Å². The van der Waals surface area contributed by atoms with Crippen LogP contribution in [0.5, 0.6) is 0 Å². The van der Waals surface area contributed by atoms with E-state index < -0.39 is 0 Å². The Hall–Kier alpha value is -2.46. The summed E-state index contributed by atoms with van der Waals surface area (Å²) >= 11 is 0. The Balaban J connectivity index is 2.39. The van der Waals surface area contributed by atoms with Crippen molar-refractivity contribution in [2.45, 2.75) is 6.42 Å². The molecular weight excluding hydrogens is 238 g/mol. The number of rotatable bonds is 2. The molecule has 2 rings (SSSR count). The minimum atomic E-state index is 0.0409. The first-order chi connectivity index (χ1) is 9.21. The number of nitriles is 2. The van der Waals surface area contributed by atoms with E-state index >= 15 is 0 Å². The molecule has 1 unspecified atom stereocenters. The molecule has 1 aliphatic rings. The zero-order chi connectivity index (χ0) is 13.8. The predicted octanol–water partition coefficient (Wildman–Crippen LogP) is 2.24. The largest absolute Gasteiger partial charge is 0.499 e. The van der Waals surface area contributed by atoms with E-state index in [9.17, 15) is 0 Å². The number of fused-ring (bicyclic) bond motifs is 1. The van der Waals surface area contributed by atoms with E-state index in [1.165, 1.54) is 18.4 Å². The van der Waals surface area contributed by atoms with Crippen LogP contribution in [0.3, 0.4) is 0 Å². The van der Waals surface area contributed by atoms with Crippen LogP contribution in [-0.2, 0) is 11.2 Å². The Morgan fingerprint density at radius 1 is 1.32 bits per heavy atom. The summed E-state index contributed by atoms with van der Waals surface area (Å²) in [4.78, 5) is 2.13. The van der Waals surface area contributed by atoms with Gasteiger partial charge in [-0.1, -0.05) is 18.2 Å². The molecule has 19 heavy (non-hydrogen) atoms. The molecule has 1 aliphatic heterocycles. The number of nitrogens with zero attached hydrogens (tertiary/aromatic N) is 3. The lowest BCUT2D eigenvalue weighted by Gasteiger charge is -2.34. The number of allylic oxidation sites excluding steroid dienone is 1. The topological polar surface area (TPSA) is 60.0 Å². The van der Waals surface area contributed by atoms with Crippen LogP contribution in [0, 0.1) is 28.6 Å². The van der Waals surface area contributed by atoms with Crippen molar-refractivity contribution in [1.82, 2.24) is 0 Å². The van der Waals surface area contributed by atoms with Crippen LogP contribution in [0.1, 0.15) is 5.56 Å². The Kier molecular flexibility index (Phi) is 3.73. The summed E-state index contributed by atoms with van der Waals surface area (Å²) in [7, 11) is 3.53. The number of hydrogen-bond donors (Lipinski definition) is 0. The lowest BCUT2D eigenvalue weighted by Crippen LogP contribution is -2.34. The van der Waals surface area contributed by atoms with Crippen LogP contribution in [0.15, 0.2) is 35.6 Å². The lowest BCUT2D eigenvalue weighted by molar-refractivity contribution is 0.237. The standard InChI is InChI=1S/C15H15N3O/c1-18-10-12(15(19-2)13(8-16)9-17)7-11-5-3-4-6-14(11)18/h3-6,12H,7,10H2,1-2H3. The number of ether oxygens (including phenoxy) is 1. The van der Waals surface area contributed by atoms with E-state index in [2.05, 4.69) is 17.0 Å². The molecule has 0 bridgehead atoms. The van der Waals surface area contributed by atoms with Gasteiger partial charge in [0, 0.05) is 25.2 Å². The van der Waals surface area contributed by atoms with Crippen LogP contribution < -0.4 is 4.90 Å². The zero-order valence-electron chi connectivity index (χ0n) is 11.1. The minimum Gasteiger partial charge on any atom is -0.499 e. The molecule has 1 atom stereocenters. The summed E-state index contributed by atoms with van der Waals surface area (Å²) < 4.78 is 5.31. The van der Waals surface area contributed by atoms with E-state index in [0.717, 1.165) is 13.0 Å². The zero-order valence-corrected chi connectivity index (χ0v) is 11.1. The van der Waals surface area contributed by atoms with Crippen LogP contribution in [-0.4, -0.2) is 20.7 Å². The number of anilines is 1. The SMILES string of the molecule is COC(=C(C#N)C#N)C1Cc2ccccc2N(C)C1. The van der Waals surface area contributed by atoms with Gasteiger partial charge in [-0.05, 0) is 18.1 Å². The maximum atomic E-state index is 9.00. The highest BCUT2D eigenvalue weighted by molar-refractivity contribution is 5.56. The van der Waals surface area contributed by atoms with Crippen molar-refractivity contribution in [1.29, 1.82) is 10.5 Å². The Labute approximate surface area is 113 Å². The fraction of sp³-hybridized carbons (Fsp3) is 0.333. The van der Waals surface area contributed by atoms with Gasteiger partial charge >= 0.3 is 0 Å². The molecule has 0 aromatic heterocycles. The summed E-state index contributed by atoms with van der Waals surface area (Å²) in [6, 6.07) is 12.0. The molecule has 0 saturated carbocycles. The number of hydrogen-bond acceptors (Lipinski definition) is 4. The highest BCUT2D eigenvalue weighted by Gasteiger charge is 2.27. The third-order valence-electron chi connectivity index (χ3n) is 3.42. The highest BCUT2D eigenvalue weighted by Crippen LogP contribution is 2.32. The van der Waals surface area contributed by atoms with Gasteiger partial charge in [0.15, 0.2) is 5.57 Å². The molecule has 0 fully saturated rings. The van der Waals surface area contributed by atoms with Crippen LogP contribution in [0.4, 0.5) is 5.69 Å².